The molecule has 21 heavy (non-hydrogen) atoms. The van der Waals surface area contributed by atoms with Crippen molar-refractivity contribution in [3.63, 3.8) is 0 Å². The van der Waals surface area contributed by atoms with Crippen LogP contribution in [-0.4, -0.2) is 24.9 Å². The molecule has 0 radical (unpaired) electrons. The van der Waals surface area contributed by atoms with Crippen LogP contribution in [0.25, 0.3) is 0 Å². The lowest BCUT2D eigenvalue weighted by Gasteiger charge is -2.16. The van der Waals surface area contributed by atoms with Crippen LogP contribution in [0.2, 0.25) is 0 Å². The second-order valence-electron chi connectivity index (χ2n) is 4.69. The van der Waals surface area contributed by atoms with Crippen LogP contribution in [-0.2, 0) is 21.1 Å². The third-order valence-corrected chi connectivity index (χ3v) is 4.77. The van der Waals surface area contributed by atoms with Crippen molar-refractivity contribution in [3.8, 4) is 0 Å². The van der Waals surface area contributed by atoms with Crippen LogP contribution in [0.1, 0.15) is 30.6 Å². The average molecular weight is 323 g/mol. The van der Waals surface area contributed by atoms with E-state index in [1.807, 2.05) is 0 Å². The number of carbonyl (C=O) groups excluding carboxylic acids is 1. The summed E-state index contributed by atoms with van der Waals surface area (Å²) in [6, 6.07) is 1.87. The van der Waals surface area contributed by atoms with Gasteiger partial charge >= 0.3 is 5.51 Å². The van der Waals surface area contributed by atoms with E-state index < -0.39 is 32.3 Å². The van der Waals surface area contributed by atoms with E-state index in [4.69, 9.17) is 0 Å². The highest BCUT2D eigenvalue weighted by Gasteiger charge is 2.49. The van der Waals surface area contributed by atoms with Crippen LogP contribution in [0.15, 0.2) is 17.0 Å². The average Bonchev–Trinajstić information content (AvgIpc) is 2.70. The lowest BCUT2D eigenvalue weighted by Crippen LogP contribution is -2.25. The number of nitrogens with one attached hydrogen (secondary N) is 1. The summed E-state index contributed by atoms with van der Waals surface area (Å²) >= 11 is 0. The molecule has 116 valence electrons. The Morgan fingerprint density at radius 2 is 2.00 bits per heavy atom. The number of hydrogen-bond donors (Lipinski definition) is 2. The summed E-state index contributed by atoms with van der Waals surface area (Å²) in [4.78, 5) is 10.1. The van der Waals surface area contributed by atoms with Gasteiger partial charge < -0.3 is 10.4 Å². The molecule has 1 aromatic carbocycles. The van der Waals surface area contributed by atoms with Gasteiger partial charge in [0.1, 0.15) is 0 Å². The van der Waals surface area contributed by atoms with Crippen LogP contribution in [0.5, 0.6) is 0 Å². The lowest BCUT2D eigenvalue weighted by atomic mass is 10.1. The molecule has 0 bridgehead atoms. The summed E-state index contributed by atoms with van der Waals surface area (Å²) in [5, 5.41) is 12.2. The van der Waals surface area contributed by atoms with Crippen molar-refractivity contribution in [2.24, 2.45) is 0 Å². The van der Waals surface area contributed by atoms with Crippen molar-refractivity contribution in [2.75, 3.05) is 5.32 Å². The van der Waals surface area contributed by atoms with E-state index in [-0.39, 0.29) is 29.7 Å². The number of anilines is 1. The molecule has 1 aromatic rings. The van der Waals surface area contributed by atoms with Crippen molar-refractivity contribution in [3.05, 3.63) is 23.3 Å². The van der Waals surface area contributed by atoms with E-state index in [9.17, 15) is 31.5 Å². The maximum absolute atomic E-state index is 12.7. The molecular weight excluding hydrogens is 311 g/mol. The topological polar surface area (TPSA) is 83.5 Å². The summed E-state index contributed by atoms with van der Waals surface area (Å²) in [6.45, 7) is 1.22. The van der Waals surface area contributed by atoms with Gasteiger partial charge in [-0.25, -0.2) is 8.42 Å². The van der Waals surface area contributed by atoms with E-state index in [1.54, 1.807) is 0 Å². The molecule has 9 heteroatoms. The molecule has 2 rings (SSSR count). The molecule has 1 aliphatic rings. The van der Waals surface area contributed by atoms with Crippen LogP contribution < -0.4 is 5.32 Å². The molecule has 0 aromatic heterocycles. The van der Waals surface area contributed by atoms with Gasteiger partial charge in [-0.1, -0.05) is 0 Å². The maximum atomic E-state index is 12.7. The molecule has 1 unspecified atom stereocenters. The highest BCUT2D eigenvalue weighted by molar-refractivity contribution is 7.92. The molecule has 0 fully saturated rings. The molecular formula is C12H12F3NO4S. The largest absolute Gasteiger partial charge is 0.501 e. The first-order valence-corrected chi connectivity index (χ1v) is 7.47. The second kappa shape index (κ2) is 4.99. The first kappa shape index (κ1) is 15.8. The minimum atomic E-state index is -5.55. The zero-order valence-corrected chi connectivity index (χ0v) is 11.7. The summed E-state index contributed by atoms with van der Waals surface area (Å²) in [5.74, 6) is -0.440. The Balaban J connectivity index is 2.67. The number of sulfone groups is 1. The minimum Gasteiger partial charge on any atom is -0.388 e. The van der Waals surface area contributed by atoms with Crippen molar-refractivity contribution >= 4 is 21.4 Å². The summed E-state index contributed by atoms with van der Waals surface area (Å²) in [7, 11) is -5.55. The van der Waals surface area contributed by atoms with Crippen LogP contribution >= 0.6 is 0 Å². The van der Waals surface area contributed by atoms with E-state index in [2.05, 4.69) is 5.32 Å². The number of fused-ring (bicyclic) bond motifs is 1. The zero-order chi connectivity index (χ0) is 16.0. The van der Waals surface area contributed by atoms with Gasteiger partial charge in [0.05, 0.1) is 11.0 Å². The van der Waals surface area contributed by atoms with E-state index in [0.717, 1.165) is 12.1 Å². The lowest BCUT2D eigenvalue weighted by molar-refractivity contribution is -0.114. The molecule has 0 aliphatic heterocycles. The molecule has 1 atom stereocenters. The van der Waals surface area contributed by atoms with Gasteiger partial charge in [0.15, 0.2) is 0 Å². The predicted octanol–water partition coefficient (Wildman–Crippen LogP) is 1.92. The first-order chi connectivity index (χ1) is 9.55. The maximum Gasteiger partial charge on any atom is 0.501 e. The van der Waals surface area contributed by atoms with Gasteiger partial charge in [-0.15, -0.1) is 0 Å². The Bertz CT molecular complexity index is 697. The van der Waals surface area contributed by atoms with Gasteiger partial charge in [0.25, 0.3) is 9.84 Å². The van der Waals surface area contributed by atoms with Crippen molar-refractivity contribution in [1.82, 2.24) is 0 Å². The van der Waals surface area contributed by atoms with E-state index >= 15 is 0 Å². The number of alkyl halides is 3. The van der Waals surface area contributed by atoms with Crippen LogP contribution in [0, 0.1) is 0 Å². The van der Waals surface area contributed by atoms with Gasteiger partial charge in [0, 0.05) is 18.2 Å². The zero-order valence-electron chi connectivity index (χ0n) is 10.9. The molecule has 2 N–H and O–H groups in total. The fourth-order valence-corrected chi connectivity index (χ4v) is 3.41. The molecule has 1 aliphatic carbocycles. The summed E-state index contributed by atoms with van der Waals surface area (Å²) in [6.07, 6.45) is -1.01. The number of halogens is 3. The fraction of sp³-hybridized carbons (Fsp3) is 0.417. The number of benzene rings is 1. The number of aliphatic hydroxyl groups excluding tert-OH is 1. The van der Waals surface area contributed by atoms with E-state index in [1.165, 1.54) is 6.92 Å². The Morgan fingerprint density at radius 1 is 1.38 bits per heavy atom. The number of hydrogen-bond acceptors (Lipinski definition) is 4. The Hall–Kier alpha value is -1.61. The molecule has 5 nitrogen and oxygen atoms in total. The first-order valence-electron chi connectivity index (χ1n) is 5.98. The van der Waals surface area contributed by atoms with Gasteiger partial charge in [-0.05, 0) is 30.5 Å². The standard InChI is InChI=1S/C12H12F3NO4S/c1-6(17)16-8-3-5-10(21(19,20)12(13,14)15)11-7(8)2-4-9(11)18/h3,5,9,18H,2,4H2,1H3,(H,16,17). The molecule has 0 saturated heterocycles. The van der Waals surface area contributed by atoms with Gasteiger partial charge in [-0.2, -0.15) is 13.2 Å². The number of carbonyl (C=O) groups is 1. The normalized spacial score (nSPS) is 18.4. The number of aliphatic hydroxyl groups is 1. The fourth-order valence-electron chi connectivity index (χ4n) is 2.37. The highest BCUT2D eigenvalue weighted by Crippen LogP contribution is 2.43. The third kappa shape index (κ3) is 2.62. The summed E-state index contributed by atoms with van der Waals surface area (Å²) in [5.41, 5.74) is -5.28. The molecule has 0 spiro atoms. The quantitative estimate of drug-likeness (QED) is 0.871. The highest BCUT2D eigenvalue weighted by atomic mass is 32.2. The SMILES string of the molecule is CC(=O)Nc1ccc(S(=O)(=O)C(F)(F)F)c2c1CCC2O. The summed E-state index contributed by atoms with van der Waals surface area (Å²) < 4.78 is 61.2. The van der Waals surface area contributed by atoms with Crippen molar-refractivity contribution < 1.29 is 31.5 Å². The van der Waals surface area contributed by atoms with Crippen LogP contribution in [0.4, 0.5) is 18.9 Å². The minimum absolute atomic E-state index is 0.103. The molecule has 0 saturated carbocycles. The third-order valence-electron chi connectivity index (χ3n) is 3.22. The number of rotatable bonds is 2. The Labute approximate surface area is 118 Å². The second-order valence-corrected chi connectivity index (χ2v) is 6.60. The van der Waals surface area contributed by atoms with Crippen LogP contribution in [0.3, 0.4) is 0 Å². The van der Waals surface area contributed by atoms with E-state index in [0.29, 0.717) is 0 Å². The molecule has 1 amide bonds. The predicted molar refractivity (Wildman–Crippen MR) is 67.3 cm³/mol. The van der Waals surface area contributed by atoms with Crippen molar-refractivity contribution in [2.45, 2.75) is 36.3 Å². The van der Waals surface area contributed by atoms with Gasteiger partial charge in [0.2, 0.25) is 5.91 Å². The Morgan fingerprint density at radius 3 is 2.52 bits per heavy atom. The monoisotopic (exact) mass is 323 g/mol. The van der Waals surface area contributed by atoms with Crippen molar-refractivity contribution in [1.29, 1.82) is 0 Å². The number of amides is 1. The smallest absolute Gasteiger partial charge is 0.388 e. The molecule has 0 heterocycles. The van der Waals surface area contributed by atoms with Gasteiger partial charge in [-0.3, -0.25) is 4.79 Å². The Kier molecular flexibility index (Phi) is 3.75.